The van der Waals surface area contributed by atoms with Gasteiger partial charge in [-0.05, 0) is 48.9 Å². The average Bonchev–Trinajstić information content (AvgIpc) is 3.31. The Kier molecular flexibility index (Phi) is 8.54. The average molecular weight is 457 g/mol. The second-order valence-corrected chi connectivity index (χ2v) is 7.90. The Morgan fingerprint density at radius 1 is 0.939 bits per heavy atom. The number of benzene rings is 2. The normalized spacial score (nSPS) is 17.5. The van der Waals surface area contributed by atoms with Gasteiger partial charge in [-0.15, -0.1) is 0 Å². The minimum absolute atomic E-state index is 0.0917. The van der Waals surface area contributed by atoms with Crippen LogP contribution < -0.4 is 19.5 Å². The first-order valence-electron chi connectivity index (χ1n) is 10.9. The molecule has 33 heavy (non-hydrogen) atoms. The lowest BCUT2D eigenvalue weighted by Gasteiger charge is -2.21. The van der Waals surface area contributed by atoms with Crippen LogP contribution in [-0.4, -0.2) is 71.4 Å². The lowest BCUT2D eigenvalue weighted by Crippen LogP contribution is -2.36. The van der Waals surface area contributed by atoms with E-state index in [1.807, 2.05) is 18.2 Å². The molecule has 178 valence electrons. The maximum atomic E-state index is 13.2. The molecule has 0 aliphatic carbocycles. The fraction of sp³-hybridized carbons (Fsp3) is 0.440. The molecule has 2 amide bonds. The van der Waals surface area contributed by atoms with Crippen molar-refractivity contribution >= 4 is 11.8 Å². The van der Waals surface area contributed by atoms with Crippen molar-refractivity contribution in [2.45, 2.75) is 12.3 Å². The van der Waals surface area contributed by atoms with Crippen LogP contribution in [0.3, 0.4) is 0 Å². The van der Waals surface area contributed by atoms with Gasteiger partial charge in [0.15, 0.2) is 0 Å². The highest BCUT2D eigenvalue weighted by atomic mass is 16.5. The number of ether oxygens (including phenoxy) is 4. The van der Waals surface area contributed by atoms with Gasteiger partial charge in [-0.25, -0.2) is 0 Å². The van der Waals surface area contributed by atoms with E-state index in [4.69, 9.17) is 18.9 Å². The molecule has 0 unspecified atom stereocenters. The maximum absolute atomic E-state index is 13.2. The predicted molar refractivity (Wildman–Crippen MR) is 124 cm³/mol. The minimum atomic E-state index is -0.421. The Morgan fingerprint density at radius 2 is 1.64 bits per heavy atom. The zero-order chi connectivity index (χ0) is 23.8. The molecular formula is C25H32N2O6. The van der Waals surface area contributed by atoms with Gasteiger partial charge < -0.3 is 29.2 Å². The first-order valence-corrected chi connectivity index (χ1v) is 10.9. The molecule has 1 saturated heterocycles. The van der Waals surface area contributed by atoms with E-state index in [2.05, 4.69) is 5.32 Å². The van der Waals surface area contributed by atoms with E-state index in [-0.39, 0.29) is 17.7 Å². The second-order valence-electron chi connectivity index (χ2n) is 7.90. The van der Waals surface area contributed by atoms with Crippen LogP contribution in [0.1, 0.15) is 28.3 Å². The van der Waals surface area contributed by atoms with Crippen LogP contribution >= 0.6 is 0 Å². The molecule has 1 aliphatic heterocycles. The molecule has 0 radical (unpaired) electrons. The summed E-state index contributed by atoms with van der Waals surface area (Å²) >= 11 is 0. The number of amides is 2. The minimum Gasteiger partial charge on any atom is -0.497 e. The van der Waals surface area contributed by atoms with Crippen LogP contribution in [0.25, 0.3) is 0 Å². The van der Waals surface area contributed by atoms with Crippen molar-refractivity contribution in [3.8, 4) is 17.2 Å². The van der Waals surface area contributed by atoms with Crippen LogP contribution in [0.4, 0.5) is 0 Å². The summed E-state index contributed by atoms with van der Waals surface area (Å²) < 4.78 is 21.2. The topological polar surface area (TPSA) is 86.3 Å². The number of methoxy groups -OCH3 is 4. The van der Waals surface area contributed by atoms with Crippen molar-refractivity contribution < 1.29 is 28.5 Å². The molecule has 0 bridgehead atoms. The van der Waals surface area contributed by atoms with E-state index in [0.29, 0.717) is 49.1 Å². The van der Waals surface area contributed by atoms with Gasteiger partial charge in [0.25, 0.3) is 5.91 Å². The van der Waals surface area contributed by atoms with Crippen LogP contribution in [0.5, 0.6) is 17.2 Å². The molecule has 0 spiro atoms. The van der Waals surface area contributed by atoms with Crippen molar-refractivity contribution in [2.24, 2.45) is 5.92 Å². The standard InChI is InChI=1S/C25H32N2O6/c1-30-13-5-12-26-24(28)22-16-27(25(29)17-6-8-18(31-2)9-7-17)15-21(22)20-14-19(32-3)10-11-23(20)33-4/h6-11,14,21-22H,5,12-13,15-16H2,1-4H3,(H,26,28)/t21-,22-/m1/s1. The Bertz CT molecular complexity index is 946. The first-order chi connectivity index (χ1) is 16.0. The van der Waals surface area contributed by atoms with E-state index >= 15 is 0 Å². The summed E-state index contributed by atoms with van der Waals surface area (Å²) in [6.45, 7) is 1.79. The maximum Gasteiger partial charge on any atom is 0.253 e. The van der Waals surface area contributed by atoms with Crippen molar-refractivity contribution in [3.05, 3.63) is 53.6 Å². The molecule has 3 rings (SSSR count). The van der Waals surface area contributed by atoms with Crippen LogP contribution in [-0.2, 0) is 9.53 Å². The zero-order valence-corrected chi connectivity index (χ0v) is 19.6. The molecule has 2 aromatic rings. The van der Waals surface area contributed by atoms with E-state index in [9.17, 15) is 9.59 Å². The van der Waals surface area contributed by atoms with Crippen molar-refractivity contribution in [3.63, 3.8) is 0 Å². The van der Waals surface area contributed by atoms with E-state index in [0.717, 1.165) is 12.0 Å². The van der Waals surface area contributed by atoms with Crippen molar-refractivity contribution in [1.82, 2.24) is 10.2 Å². The molecule has 1 heterocycles. The number of nitrogens with zero attached hydrogens (tertiary/aromatic N) is 1. The number of hydrogen-bond acceptors (Lipinski definition) is 6. The van der Waals surface area contributed by atoms with Crippen LogP contribution in [0.2, 0.25) is 0 Å². The SMILES string of the molecule is COCCCNC(=O)[C@@H]1CN(C(=O)c2ccc(OC)cc2)C[C@@H]1c1cc(OC)ccc1OC. The Balaban J connectivity index is 1.87. The third kappa shape index (κ3) is 5.76. The molecule has 1 N–H and O–H groups in total. The summed E-state index contributed by atoms with van der Waals surface area (Å²) in [5.41, 5.74) is 1.40. The number of hydrogen-bond donors (Lipinski definition) is 1. The number of carbonyl (C=O) groups excluding carboxylic acids is 2. The molecule has 0 saturated carbocycles. The van der Waals surface area contributed by atoms with Gasteiger partial charge in [-0.1, -0.05) is 0 Å². The number of carbonyl (C=O) groups is 2. The second kappa shape index (κ2) is 11.6. The third-order valence-electron chi connectivity index (χ3n) is 5.94. The lowest BCUT2D eigenvalue weighted by molar-refractivity contribution is -0.125. The predicted octanol–water partition coefficient (Wildman–Crippen LogP) is 2.72. The third-order valence-corrected chi connectivity index (χ3v) is 5.94. The summed E-state index contributed by atoms with van der Waals surface area (Å²) in [5.74, 6) is 1.14. The summed E-state index contributed by atoms with van der Waals surface area (Å²) in [5, 5.41) is 2.99. The highest BCUT2D eigenvalue weighted by Gasteiger charge is 2.41. The highest BCUT2D eigenvalue weighted by Crippen LogP contribution is 2.40. The van der Waals surface area contributed by atoms with Crippen LogP contribution in [0.15, 0.2) is 42.5 Å². The summed E-state index contributed by atoms with van der Waals surface area (Å²) in [6.07, 6.45) is 0.719. The van der Waals surface area contributed by atoms with Gasteiger partial charge in [-0.3, -0.25) is 9.59 Å². The van der Waals surface area contributed by atoms with Gasteiger partial charge in [0.05, 0.1) is 27.2 Å². The van der Waals surface area contributed by atoms with E-state index < -0.39 is 5.92 Å². The number of nitrogens with one attached hydrogen (secondary N) is 1. The highest BCUT2D eigenvalue weighted by molar-refractivity contribution is 5.95. The van der Waals surface area contributed by atoms with Gasteiger partial charge >= 0.3 is 0 Å². The van der Waals surface area contributed by atoms with E-state index in [1.54, 1.807) is 57.6 Å². The summed E-state index contributed by atoms with van der Waals surface area (Å²) in [4.78, 5) is 28.1. The number of rotatable bonds is 10. The monoisotopic (exact) mass is 456 g/mol. The fourth-order valence-corrected chi connectivity index (χ4v) is 4.15. The molecule has 1 aliphatic rings. The Morgan fingerprint density at radius 3 is 2.27 bits per heavy atom. The zero-order valence-electron chi connectivity index (χ0n) is 19.6. The molecule has 2 atom stereocenters. The molecule has 2 aromatic carbocycles. The van der Waals surface area contributed by atoms with Gasteiger partial charge in [0.1, 0.15) is 17.2 Å². The molecule has 0 aromatic heterocycles. The van der Waals surface area contributed by atoms with Gasteiger partial charge in [-0.2, -0.15) is 0 Å². The van der Waals surface area contributed by atoms with Gasteiger partial charge in [0.2, 0.25) is 5.91 Å². The van der Waals surface area contributed by atoms with Gasteiger partial charge in [0, 0.05) is 50.4 Å². The lowest BCUT2D eigenvalue weighted by atomic mass is 9.87. The summed E-state index contributed by atoms with van der Waals surface area (Å²) in [7, 11) is 6.41. The quantitative estimate of drug-likeness (QED) is 0.554. The molecule has 1 fully saturated rings. The fourth-order valence-electron chi connectivity index (χ4n) is 4.15. The van der Waals surface area contributed by atoms with Crippen molar-refractivity contribution in [2.75, 3.05) is 54.7 Å². The van der Waals surface area contributed by atoms with E-state index in [1.165, 1.54) is 0 Å². The van der Waals surface area contributed by atoms with Crippen molar-refractivity contribution in [1.29, 1.82) is 0 Å². The smallest absolute Gasteiger partial charge is 0.253 e. The summed E-state index contributed by atoms with van der Waals surface area (Å²) in [6, 6.07) is 12.5. The Hall–Kier alpha value is -3.26. The Labute approximate surface area is 194 Å². The van der Waals surface area contributed by atoms with Crippen LogP contribution in [0, 0.1) is 5.92 Å². The first kappa shape index (κ1) is 24.4. The molecule has 8 nitrogen and oxygen atoms in total. The number of likely N-dealkylation sites (tertiary alicyclic amines) is 1. The largest absolute Gasteiger partial charge is 0.497 e. The molecule has 8 heteroatoms. The molecular weight excluding hydrogens is 424 g/mol.